The maximum absolute atomic E-state index is 12.7. The van der Waals surface area contributed by atoms with E-state index >= 15 is 0 Å². The summed E-state index contributed by atoms with van der Waals surface area (Å²) in [4.78, 5) is 23.2. The topological polar surface area (TPSA) is 81.4 Å². The number of amides is 1. The molecule has 0 N–H and O–H groups in total. The first-order valence-electron chi connectivity index (χ1n) is 8.46. The molecule has 0 radical (unpaired) electrons. The third kappa shape index (κ3) is 3.03. The number of hydrogen-bond acceptors (Lipinski definition) is 6. The van der Waals surface area contributed by atoms with Crippen molar-refractivity contribution in [2.75, 3.05) is 13.7 Å². The minimum absolute atomic E-state index is 0.116. The highest BCUT2D eigenvalue weighted by Gasteiger charge is 2.35. The molecule has 3 aromatic rings. The molecule has 2 aromatic heterocycles. The van der Waals surface area contributed by atoms with Crippen LogP contribution in [0.1, 0.15) is 35.3 Å². The van der Waals surface area contributed by atoms with Crippen molar-refractivity contribution in [2.45, 2.75) is 18.9 Å². The number of methoxy groups -OCH3 is 1. The molecule has 0 unspecified atom stereocenters. The van der Waals surface area contributed by atoms with Gasteiger partial charge in [-0.15, -0.1) is 0 Å². The number of carbonyl (C=O) groups is 1. The predicted molar refractivity (Wildman–Crippen MR) is 93.5 cm³/mol. The molecule has 1 aliphatic heterocycles. The Labute approximate surface area is 150 Å². The molecule has 4 rings (SSSR count). The highest BCUT2D eigenvalue weighted by atomic mass is 16.5. The van der Waals surface area contributed by atoms with Crippen LogP contribution in [0, 0.1) is 0 Å². The summed E-state index contributed by atoms with van der Waals surface area (Å²) < 4.78 is 10.7. The number of hydrogen-bond donors (Lipinski definition) is 0. The quantitative estimate of drug-likeness (QED) is 0.719. The molecule has 1 amide bonds. The van der Waals surface area contributed by atoms with E-state index in [0.29, 0.717) is 24.0 Å². The van der Waals surface area contributed by atoms with Crippen molar-refractivity contribution in [1.29, 1.82) is 0 Å². The summed E-state index contributed by atoms with van der Waals surface area (Å²) in [6.07, 6.45) is 3.30. The summed E-state index contributed by atoms with van der Waals surface area (Å²) in [7, 11) is 1.61. The number of carbonyl (C=O) groups excluding carboxylic acids is 1. The Bertz CT molecular complexity index is 910. The summed E-state index contributed by atoms with van der Waals surface area (Å²) >= 11 is 0. The highest BCUT2D eigenvalue weighted by Crippen LogP contribution is 2.33. The maximum atomic E-state index is 12.7. The van der Waals surface area contributed by atoms with Gasteiger partial charge < -0.3 is 14.2 Å². The second-order valence-corrected chi connectivity index (χ2v) is 6.06. The van der Waals surface area contributed by atoms with Crippen molar-refractivity contribution < 1.29 is 14.1 Å². The lowest BCUT2D eigenvalue weighted by atomic mass is 10.2. The molecule has 0 spiro atoms. The van der Waals surface area contributed by atoms with Gasteiger partial charge in [0.15, 0.2) is 0 Å². The summed E-state index contributed by atoms with van der Waals surface area (Å²) in [5.41, 5.74) is 1.23. The van der Waals surface area contributed by atoms with Crippen molar-refractivity contribution in [3.8, 4) is 17.1 Å². The van der Waals surface area contributed by atoms with Gasteiger partial charge in [0.1, 0.15) is 17.5 Å². The van der Waals surface area contributed by atoms with Gasteiger partial charge in [0.2, 0.25) is 11.7 Å². The molecular formula is C19H18N4O3. The molecule has 1 fully saturated rings. The van der Waals surface area contributed by atoms with Gasteiger partial charge >= 0.3 is 0 Å². The van der Waals surface area contributed by atoms with Crippen LogP contribution in [0.25, 0.3) is 11.4 Å². The number of likely N-dealkylation sites (tertiary alicyclic amines) is 1. The normalized spacial score (nSPS) is 16.7. The Morgan fingerprint density at radius 1 is 1.27 bits per heavy atom. The molecular weight excluding hydrogens is 332 g/mol. The van der Waals surface area contributed by atoms with E-state index < -0.39 is 0 Å². The molecule has 1 aromatic carbocycles. The third-order valence-corrected chi connectivity index (χ3v) is 4.45. The lowest BCUT2D eigenvalue weighted by Gasteiger charge is -2.21. The van der Waals surface area contributed by atoms with Crippen LogP contribution in [-0.4, -0.2) is 39.6 Å². The van der Waals surface area contributed by atoms with Gasteiger partial charge in [0.05, 0.1) is 7.11 Å². The average Bonchev–Trinajstić information content (AvgIpc) is 3.37. The fraction of sp³-hybridized carbons (Fsp3) is 0.263. The van der Waals surface area contributed by atoms with Crippen molar-refractivity contribution in [2.24, 2.45) is 0 Å². The van der Waals surface area contributed by atoms with Gasteiger partial charge in [-0.2, -0.15) is 4.98 Å². The Morgan fingerprint density at radius 2 is 2.19 bits per heavy atom. The molecule has 1 atom stereocenters. The molecule has 7 nitrogen and oxygen atoms in total. The van der Waals surface area contributed by atoms with Gasteiger partial charge in [0.25, 0.3) is 5.91 Å². The van der Waals surface area contributed by atoms with Gasteiger partial charge in [-0.05, 0) is 37.1 Å². The standard InChI is InChI=1S/C19H18N4O3/c1-25-14-7-4-6-13(12-14)17-21-18(26-22-17)16-9-5-11-23(16)19(24)15-8-2-3-10-20-15/h2-4,6-8,10,12,16H,5,9,11H2,1H3/t16-/m1/s1. The zero-order chi connectivity index (χ0) is 17.9. The number of pyridine rings is 1. The van der Waals surface area contributed by atoms with Gasteiger partial charge in [0, 0.05) is 18.3 Å². The van der Waals surface area contributed by atoms with Crippen molar-refractivity contribution in [3.63, 3.8) is 0 Å². The first-order valence-corrected chi connectivity index (χ1v) is 8.46. The van der Waals surface area contributed by atoms with E-state index in [1.54, 1.807) is 36.4 Å². The lowest BCUT2D eigenvalue weighted by molar-refractivity contribution is 0.0704. The largest absolute Gasteiger partial charge is 0.497 e. The van der Waals surface area contributed by atoms with Crippen LogP contribution < -0.4 is 4.74 Å². The van der Waals surface area contributed by atoms with Crippen LogP contribution >= 0.6 is 0 Å². The number of rotatable bonds is 4. The summed E-state index contributed by atoms with van der Waals surface area (Å²) in [5.74, 6) is 1.54. The second-order valence-electron chi connectivity index (χ2n) is 6.06. The molecule has 0 bridgehead atoms. The van der Waals surface area contributed by atoms with E-state index in [2.05, 4.69) is 15.1 Å². The van der Waals surface area contributed by atoms with Crippen molar-refractivity contribution >= 4 is 5.91 Å². The van der Waals surface area contributed by atoms with E-state index in [1.165, 1.54) is 0 Å². The average molecular weight is 350 g/mol. The smallest absolute Gasteiger partial charge is 0.273 e. The van der Waals surface area contributed by atoms with Crippen LogP contribution in [-0.2, 0) is 0 Å². The number of benzene rings is 1. The Morgan fingerprint density at radius 3 is 3.00 bits per heavy atom. The molecule has 0 saturated carbocycles. The van der Waals surface area contributed by atoms with Crippen LogP contribution in [0.4, 0.5) is 0 Å². The van der Waals surface area contributed by atoms with E-state index in [4.69, 9.17) is 9.26 Å². The fourth-order valence-corrected chi connectivity index (χ4v) is 3.15. The SMILES string of the molecule is COc1cccc(-c2noc([C@H]3CCCN3C(=O)c3ccccn3)n2)c1. The van der Waals surface area contributed by atoms with Gasteiger partial charge in [-0.25, -0.2) is 0 Å². The maximum Gasteiger partial charge on any atom is 0.273 e. The fourth-order valence-electron chi connectivity index (χ4n) is 3.15. The number of nitrogens with zero attached hydrogens (tertiary/aromatic N) is 4. The lowest BCUT2D eigenvalue weighted by Crippen LogP contribution is -2.31. The summed E-state index contributed by atoms with van der Waals surface area (Å²) in [6.45, 7) is 0.650. The van der Waals surface area contributed by atoms with Crippen LogP contribution in [0.2, 0.25) is 0 Å². The first kappa shape index (κ1) is 16.3. The minimum atomic E-state index is -0.226. The molecule has 7 heteroatoms. The van der Waals surface area contributed by atoms with Crippen LogP contribution in [0.15, 0.2) is 53.2 Å². The summed E-state index contributed by atoms with van der Waals surface area (Å²) in [5, 5.41) is 4.08. The Balaban J connectivity index is 1.59. The van der Waals surface area contributed by atoms with Crippen LogP contribution in [0.5, 0.6) is 5.75 Å². The van der Waals surface area contributed by atoms with E-state index in [-0.39, 0.29) is 11.9 Å². The van der Waals surface area contributed by atoms with Crippen LogP contribution in [0.3, 0.4) is 0 Å². The van der Waals surface area contributed by atoms with Crippen molar-refractivity contribution in [1.82, 2.24) is 20.0 Å². The molecule has 1 saturated heterocycles. The predicted octanol–water partition coefficient (Wildman–Crippen LogP) is 3.12. The summed E-state index contributed by atoms with van der Waals surface area (Å²) in [6, 6.07) is 12.5. The van der Waals surface area contributed by atoms with E-state index in [1.807, 2.05) is 24.3 Å². The van der Waals surface area contributed by atoms with E-state index in [9.17, 15) is 4.79 Å². The van der Waals surface area contributed by atoms with Gasteiger partial charge in [-0.1, -0.05) is 23.4 Å². The zero-order valence-corrected chi connectivity index (χ0v) is 14.3. The number of ether oxygens (including phenoxy) is 1. The van der Waals surface area contributed by atoms with Crippen molar-refractivity contribution in [3.05, 3.63) is 60.2 Å². The first-order chi connectivity index (χ1) is 12.8. The number of aromatic nitrogens is 3. The van der Waals surface area contributed by atoms with E-state index in [0.717, 1.165) is 24.2 Å². The zero-order valence-electron chi connectivity index (χ0n) is 14.3. The van der Waals surface area contributed by atoms with Gasteiger partial charge in [-0.3, -0.25) is 9.78 Å². The Hall–Kier alpha value is -3.22. The third-order valence-electron chi connectivity index (χ3n) is 4.45. The highest BCUT2D eigenvalue weighted by molar-refractivity contribution is 5.92. The second kappa shape index (κ2) is 6.95. The minimum Gasteiger partial charge on any atom is -0.497 e. The molecule has 1 aliphatic rings. The Kier molecular flexibility index (Phi) is 4.35. The molecule has 3 heterocycles. The monoisotopic (exact) mass is 350 g/mol. The molecule has 26 heavy (non-hydrogen) atoms. The molecule has 132 valence electrons. The molecule has 0 aliphatic carbocycles.